The van der Waals surface area contributed by atoms with Crippen molar-refractivity contribution in [2.24, 2.45) is 0 Å². The Balaban J connectivity index is 1.15. The molecule has 2 heterocycles. The highest BCUT2D eigenvalue weighted by molar-refractivity contribution is 7.79. The number of para-hydroxylation sites is 4. The summed E-state index contributed by atoms with van der Waals surface area (Å²) in [5, 5.41) is 9.16. The normalized spacial score (nSPS) is 11.8. The van der Waals surface area contributed by atoms with E-state index >= 15 is 0 Å². The predicted molar refractivity (Wildman–Crippen MR) is 194 cm³/mol. The van der Waals surface area contributed by atoms with E-state index in [1.807, 2.05) is 0 Å². The van der Waals surface area contributed by atoms with Crippen molar-refractivity contribution < 1.29 is 0 Å². The SMILES string of the molecule is c1ccc(P(c2ccc(-n3c4ccccc4c4ccccc43)cc2)c2ccc(-n3c4ccccc4c4ccccc43)cc2)cc1. The molecule has 2 aromatic heterocycles. The Kier molecular flexibility index (Phi) is 6.14. The molecule has 212 valence electrons. The molecule has 0 fully saturated rings. The second-order valence-corrected chi connectivity index (χ2v) is 13.7. The first-order valence-electron chi connectivity index (χ1n) is 15.4. The van der Waals surface area contributed by atoms with Crippen LogP contribution in [-0.4, -0.2) is 9.13 Å². The van der Waals surface area contributed by atoms with E-state index in [2.05, 4.69) is 185 Å². The molecule has 9 aromatic rings. The van der Waals surface area contributed by atoms with E-state index in [-0.39, 0.29) is 0 Å². The van der Waals surface area contributed by atoms with Crippen molar-refractivity contribution in [1.29, 1.82) is 0 Å². The fraction of sp³-hybridized carbons (Fsp3) is 0. The zero-order valence-electron chi connectivity index (χ0n) is 24.6. The van der Waals surface area contributed by atoms with Crippen molar-refractivity contribution in [3.8, 4) is 11.4 Å². The van der Waals surface area contributed by atoms with Crippen LogP contribution in [0.25, 0.3) is 55.0 Å². The summed E-state index contributed by atoms with van der Waals surface area (Å²) in [7, 11) is -0.743. The first-order valence-corrected chi connectivity index (χ1v) is 16.7. The number of fused-ring (bicyclic) bond motifs is 6. The standard InChI is InChI=1S/C42H29N2P/c1-2-12-32(13-3-1)45(33-26-22-30(23-27-33)43-39-18-8-4-14-35(39)36-15-5-9-19-40(36)43)34-28-24-31(25-29-34)44-41-20-10-6-16-37(41)38-17-7-11-21-42(38)44/h1-29H. The highest BCUT2D eigenvalue weighted by Gasteiger charge is 2.19. The largest absolute Gasteiger partial charge is 0.309 e. The van der Waals surface area contributed by atoms with Crippen LogP contribution in [0.4, 0.5) is 0 Å². The molecule has 0 saturated heterocycles. The molecule has 0 saturated carbocycles. The third kappa shape index (κ3) is 4.22. The maximum Gasteiger partial charge on any atom is 0.0541 e. The van der Waals surface area contributed by atoms with Crippen LogP contribution < -0.4 is 15.9 Å². The summed E-state index contributed by atoms with van der Waals surface area (Å²) in [4.78, 5) is 0. The zero-order chi connectivity index (χ0) is 29.7. The quantitative estimate of drug-likeness (QED) is 0.176. The Bertz CT molecular complexity index is 2200. The summed E-state index contributed by atoms with van der Waals surface area (Å²) in [5.74, 6) is 0. The number of nitrogens with zero attached hydrogens (tertiary/aromatic N) is 2. The summed E-state index contributed by atoms with van der Waals surface area (Å²) < 4.78 is 4.78. The number of rotatable bonds is 5. The van der Waals surface area contributed by atoms with Gasteiger partial charge in [-0.2, -0.15) is 0 Å². The molecular weight excluding hydrogens is 563 g/mol. The van der Waals surface area contributed by atoms with Gasteiger partial charge < -0.3 is 9.13 Å². The van der Waals surface area contributed by atoms with Gasteiger partial charge in [0.05, 0.1) is 22.1 Å². The number of aromatic nitrogens is 2. The number of hydrogen-bond acceptors (Lipinski definition) is 0. The van der Waals surface area contributed by atoms with E-state index in [4.69, 9.17) is 0 Å². The van der Waals surface area contributed by atoms with E-state index in [1.165, 1.54) is 70.9 Å². The summed E-state index contributed by atoms with van der Waals surface area (Å²) in [5.41, 5.74) is 7.30. The molecule has 7 aromatic carbocycles. The molecular formula is C42H29N2P. The maximum atomic E-state index is 2.39. The molecule has 9 rings (SSSR count). The molecule has 0 unspecified atom stereocenters. The lowest BCUT2D eigenvalue weighted by atomic mass is 10.2. The van der Waals surface area contributed by atoms with Crippen molar-refractivity contribution in [3.05, 3.63) is 176 Å². The van der Waals surface area contributed by atoms with E-state index in [1.54, 1.807) is 0 Å². The van der Waals surface area contributed by atoms with E-state index in [9.17, 15) is 0 Å². The van der Waals surface area contributed by atoms with Gasteiger partial charge >= 0.3 is 0 Å². The van der Waals surface area contributed by atoms with Crippen molar-refractivity contribution >= 4 is 67.4 Å². The molecule has 45 heavy (non-hydrogen) atoms. The Morgan fingerprint density at radius 3 is 0.911 bits per heavy atom. The first-order chi connectivity index (χ1) is 22.3. The summed E-state index contributed by atoms with van der Waals surface area (Å²) >= 11 is 0. The van der Waals surface area contributed by atoms with Gasteiger partial charge in [-0.3, -0.25) is 0 Å². The Morgan fingerprint density at radius 2 is 0.556 bits per heavy atom. The minimum atomic E-state index is -0.743. The van der Waals surface area contributed by atoms with Crippen LogP contribution in [0.5, 0.6) is 0 Å². The van der Waals surface area contributed by atoms with Crippen molar-refractivity contribution in [1.82, 2.24) is 9.13 Å². The smallest absolute Gasteiger partial charge is 0.0541 e. The molecule has 0 aliphatic heterocycles. The number of benzene rings is 7. The zero-order valence-corrected chi connectivity index (χ0v) is 25.5. The van der Waals surface area contributed by atoms with Gasteiger partial charge in [-0.1, -0.05) is 127 Å². The Morgan fingerprint density at radius 1 is 0.267 bits per heavy atom. The molecule has 0 N–H and O–H groups in total. The third-order valence-electron chi connectivity index (χ3n) is 8.91. The van der Waals surface area contributed by atoms with Crippen LogP contribution >= 0.6 is 7.92 Å². The summed E-state index contributed by atoms with van der Waals surface area (Å²) in [6.07, 6.45) is 0. The van der Waals surface area contributed by atoms with Crippen molar-refractivity contribution in [2.75, 3.05) is 0 Å². The molecule has 3 heteroatoms. The van der Waals surface area contributed by atoms with Crippen LogP contribution in [0.2, 0.25) is 0 Å². The molecule has 2 nitrogen and oxygen atoms in total. The average molecular weight is 593 g/mol. The lowest BCUT2D eigenvalue weighted by Crippen LogP contribution is -2.20. The monoisotopic (exact) mass is 592 g/mol. The lowest BCUT2D eigenvalue weighted by Gasteiger charge is -2.20. The van der Waals surface area contributed by atoms with Crippen LogP contribution in [0.15, 0.2) is 176 Å². The summed E-state index contributed by atoms with van der Waals surface area (Å²) in [6, 6.07) is 64.2. The topological polar surface area (TPSA) is 9.86 Å². The van der Waals surface area contributed by atoms with E-state index < -0.39 is 7.92 Å². The Hall–Kier alpha value is -5.43. The van der Waals surface area contributed by atoms with Gasteiger partial charge in [0.15, 0.2) is 0 Å². The fourth-order valence-corrected chi connectivity index (χ4v) is 9.19. The molecule has 0 aliphatic rings. The minimum Gasteiger partial charge on any atom is -0.309 e. The van der Waals surface area contributed by atoms with E-state index in [0.717, 1.165) is 0 Å². The van der Waals surface area contributed by atoms with Gasteiger partial charge in [0, 0.05) is 32.9 Å². The predicted octanol–water partition coefficient (Wildman–Crippen LogP) is 9.64. The van der Waals surface area contributed by atoms with Gasteiger partial charge in [0.25, 0.3) is 0 Å². The second-order valence-electron chi connectivity index (χ2n) is 11.4. The molecule has 0 amide bonds. The van der Waals surface area contributed by atoms with Crippen LogP contribution in [0, 0.1) is 0 Å². The van der Waals surface area contributed by atoms with Gasteiger partial charge in [-0.25, -0.2) is 0 Å². The molecule has 0 spiro atoms. The lowest BCUT2D eigenvalue weighted by molar-refractivity contribution is 1.18. The van der Waals surface area contributed by atoms with Crippen LogP contribution in [-0.2, 0) is 0 Å². The molecule has 0 aliphatic carbocycles. The van der Waals surface area contributed by atoms with Crippen LogP contribution in [0.3, 0.4) is 0 Å². The van der Waals surface area contributed by atoms with Gasteiger partial charge in [0.1, 0.15) is 0 Å². The second kappa shape index (κ2) is 10.6. The highest BCUT2D eigenvalue weighted by Crippen LogP contribution is 2.36. The summed E-state index contributed by atoms with van der Waals surface area (Å²) in [6.45, 7) is 0. The molecule has 0 bridgehead atoms. The number of hydrogen-bond donors (Lipinski definition) is 0. The third-order valence-corrected chi connectivity index (χ3v) is 11.4. The first kappa shape index (κ1) is 26.0. The van der Waals surface area contributed by atoms with E-state index in [0.29, 0.717) is 0 Å². The molecule has 0 radical (unpaired) electrons. The van der Waals surface area contributed by atoms with Gasteiger partial charge in [-0.15, -0.1) is 0 Å². The highest BCUT2D eigenvalue weighted by atomic mass is 31.1. The minimum absolute atomic E-state index is 0.743. The van der Waals surface area contributed by atoms with Crippen molar-refractivity contribution in [3.63, 3.8) is 0 Å². The van der Waals surface area contributed by atoms with Crippen molar-refractivity contribution in [2.45, 2.75) is 0 Å². The Labute approximate surface area is 263 Å². The fourth-order valence-electron chi connectivity index (χ4n) is 6.93. The maximum absolute atomic E-state index is 2.39. The molecule has 0 atom stereocenters. The van der Waals surface area contributed by atoms with Crippen LogP contribution in [0.1, 0.15) is 0 Å². The average Bonchev–Trinajstić information content (AvgIpc) is 3.63. The van der Waals surface area contributed by atoms with Gasteiger partial charge in [-0.05, 0) is 72.4 Å². The van der Waals surface area contributed by atoms with Gasteiger partial charge in [0.2, 0.25) is 0 Å².